The second-order valence-electron chi connectivity index (χ2n) is 5.54. The van der Waals surface area contributed by atoms with Gasteiger partial charge in [0.15, 0.2) is 11.5 Å². The van der Waals surface area contributed by atoms with Crippen LogP contribution in [0.15, 0.2) is 60.9 Å². The predicted molar refractivity (Wildman–Crippen MR) is 93.8 cm³/mol. The quantitative estimate of drug-likeness (QED) is 0.416. The molecule has 1 aliphatic heterocycles. The lowest BCUT2D eigenvalue weighted by molar-refractivity contribution is -0.128. The first-order valence-corrected chi connectivity index (χ1v) is 7.91. The van der Waals surface area contributed by atoms with Gasteiger partial charge >= 0.3 is 5.97 Å². The van der Waals surface area contributed by atoms with E-state index in [0.29, 0.717) is 24.7 Å². The van der Waals surface area contributed by atoms with Gasteiger partial charge in [0.1, 0.15) is 19.0 Å². The molecule has 0 unspecified atom stereocenters. The first kappa shape index (κ1) is 15.2. The molecule has 0 spiro atoms. The molecule has 1 aromatic heterocycles. The first-order chi connectivity index (χ1) is 12.3. The summed E-state index contributed by atoms with van der Waals surface area (Å²) in [5, 5.41) is 1.96. The highest BCUT2D eigenvalue weighted by Gasteiger charge is 2.11. The molecule has 2 aromatic carbocycles. The monoisotopic (exact) mass is 333 g/mol. The Bertz CT molecular complexity index is 965. The number of nitrogens with zero attached hydrogens (tertiary/aromatic N) is 1. The van der Waals surface area contributed by atoms with E-state index in [9.17, 15) is 4.79 Å². The van der Waals surface area contributed by atoms with Crippen LogP contribution in [-0.4, -0.2) is 24.2 Å². The molecule has 0 aliphatic carbocycles. The van der Waals surface area contributed by atoms with Crippen LogP contribution >= 0.6 is 0 Å². The minimum absolute atomic E-state index is 0.446. The molecule has 0 atom stereocenters. The zero-order chi connectivity index (χ0) is 17.1. The van der Waals surface area contributed by atoms with Gasteiger partial charge in [-0.1, -0.05) is 12.1 Å². The Kier molecular flexibility index (Phi) is 4.04. The molecule has 124 valence electrons. The van der Waals surface area contributed by atoms with Crippen molar-refractivity contribution in [2.24, 2.45) is 0 Å². The molecule has 2 heterocycles. The highest BCUT2D eigenvalue weighted by molar-refractivity contribution is 5.90. The SMILES string of the molecule is O=C(/C=C/c1ccc2c(c1)OCCO2)Oc1ccc2ccncc2c1. The Morgan fingerprint density at radius 1 is 1.00 bits per heavy atom. The molecule has 0 N–H and O–H groups in total. The van der Waals surface area contributed by atoms with Crippen molar-refractivity contribution in [1.82, 2.24) is 4.98 Å². The van der Waals surface area contributed by atoms with E-state index in [0.717, 1.165) is 22.1 Å². The topological polar surface area (TPSA) is 57.7 Å². The standard InChI is InChI=1S/C20H15NO4/c22-20(25-17-4-3-15-7-8-21-13-16(15)12-17)6-2-14-1-5-18-19(11-14)24-10-9-23-18/h1-8,11-13H,9-10H2/b6-2+. The molecule has 0 amide bonds. The fourth-order valence-corrected chi connectivity index (χ4v) is 2.60. The third-order valence-electron chi connectivity index (χ3n) is 3.81. The van der Waals surface area contributed by atoms with Crippen LogP contribution in [0.5, 0.6) is 17.2 Å². The van der Waals surface area contributed by atoms with Gasteiger partial charge in [-0.3, -0.25) is 4.98 Å². The molecule has 3 aromatic rings. The number of rotatable bonds is 3. The molecule has 0 saturated heterocycles. The summed E-state index contributed by atoms with van der Waals surface area (Å²) < 4.78 is 16.3. The predicted octanol–water partition coefficient (Wildman–Crippen LogP) is 3.62. The van der Waals surface area contributed by atoms with Crippen molar-refractivity contribution in [3.05, 3.63) is 66.5 Å². The normalized spacial score (nSPS) is 13.1. The van der Waals surface area contributed by atoms with E-state index in [1.165, 1.54) is 6.08 Å². The maximum absolute atomic E-state index is 12.0. The fourth-order valence-electron chi connectivity index (χ4n) is 2.60. The molecule has 0 radical (unpaired) electrons. The van der Waals surface area contributed by atoms with Gasteiger partial charge in [-0.25, -0.2) is 4.79 Å². The highest BCUT2D eigenvalue weighted by atomic mass is 16.6. The van der Waals surface area contributed by atoms with Gasteiger partial charge in [0.05, 0.1) is 0 Å². The number of pyridine rings is 1. The number of ether oxygens (including phenoxy) is 3. The van der Waals surface area contributed by atoms with E-state index in [1.807, 2.05) is 30.3 Å². The van der Waals surface area contributed by atoms with Crippen molar-refractivity contribution in [2.75, 3.05) is 13.2 Å². The molecule has 0 saturated carbocycles. The Morgan fingerprint density at radius 3 is 2.80 bits per heavy atom. The van der Waals surface area contributed by atoms with Crippen LogP contribution in [0.2, 0.25) is 0 Å². The zero-order valence-corrected chi connectivity index (χ0v) is 13.3. The van der Waals surface area contributed by atoms with Gasteiger partial charge in [0.25, 0.3) is 0 Å². The van der Waals surface area contributed by atoms with E-state index in [4.69, 9.17) is 14.2 Å². The van der Waals surface area contributed by atoms with Gasteiger partial charge < -0.3 is 14.2 Å². The average molecular weight is 333 g/mol. The average Bonchev–Trinajstić information content (AvgIpc) is 2.66. The van der Waals surface area contributed by atoms with Crippen LogP contribution in [0.25, 0.3) is 16.8 Å². The Morgan fingerprint density at radius 2 is 1.88 bits per heavy atom. The minimum Gasteiger partial charge on any atom is -0.486 e. The van der Waals surface area contributed by atoms with Crippen molar-refractivity contribution in [1.29, 1.82) is 0 Å². The molecular formula is C20H15NO4. The van der Waals surface area contributed by atoms with Crippen molar-refractivity contribution >= 4 is 22.8 Å². The van der Waals surface area contributed by atoms with E-state index >= 15 is 0 Å². The highest BCUT2D eigenvalue weighted by Crippen LogP contribution is 2.31. The lowest BCUT2D eigenvalue weighted by Crippen LogP contribution is -2.15. The maximum Gasteiger partial charge on any atom is 0.336 e. The molecule has 0 fully saturated rings. The van der Waals surface area contributed by atoms with Crippen LogP contribution in [0.1, 0.15) is 5.56 Å². The van der Waals surface area contributed by atoms with Crippen LogP contribution in [0.4, 0.5) is 0 Å². The summed E-state index contributed by atoms with van der Waals surface area (Å²) in [6, 6.07) is 12.9. The summed E-state index contributed by atoms with van der Waals surface area (Å²) in [6.07, 6.45) is 6.53. The second kappa shape index (κ2) is 6.65. The van der Waals surface area contributed by atoms with Gasteiger partial charge in [-0.05, 0) is 47.4 Å². The van der Waals surface area contributed by atoms with Gasteiger partial charge in [0, 0.05) is 23.9 Å². The van der Waals surface area contributed by atoms with E-state index < -0.39 is 5.97 Å². The third kappa shape index (κ3) is 3.45. The Labute approximate surface area is 144 Å². The van der Waals surface area contributed by atoms with Gasteiger partial charge in [-0.2, -0.15) is 0 Å². The minimum atomic E-state index is -0.446. The van der Waals surface area contributed by atoms with Gasteiger partial charge in [-0.15, -0.1) is 0 Å². The number of aromatic nitrogens is 1. The number of esters is 1. The number of hydrogen-bond acceptors (Lipinski definition) is 5. The largest absolute Gasteiger partial charge is 0.486 e. The van der Waals surface area contributed by atoms with Crippen LogP contribution in [-0.2, 0) is 4.79 Å². The number of carbonyl (C=O) groups is 1. The third-order valence-corrected chi connectivity index (χ3v) is 3.81. The Balaban J connectivity index is 1.46. The number of carbonyl (C=O) groups excluding carboxylic acids is 1. The van der Waals surface area contributed by atoms with E-state index in [1.54, 1.807) is 30.6 Å². The summed E-state index contributed by atoms with van der Waals surface area (Å²) in [6.45, 7) is 1.08. The Hall–Kier alpha value is -3.34. The van der Waals surface area contributed by atoms with E-state index in [2.05, 4.69) is 4.98 Å². The van der Waals surface area contributed by atoms with Crippen molar-refractivity contribution in [3.63, 3.8) is 0 Å². The molecule has 25 heavy (non-hydrogen) atoms. The van der Waals surface area contributed by atoms with Crippen LogP contribution < -0.4 is 14.2 Å². The summed E-state index contributed by atoms with van der Waals surface area (Å²) >= 11 is 0. The molecular weight excluding hydrogens is 318 g/mol. The first-order valence-electron chi connectivity index (χ1n) is 7.91. The lowest BCUT2D eigenvalue weighted by Gasteiger charge is -2.18. The van der Waals surface area contributed by atoms with Gasteiger partial charge in [0.2, 0.25) is 0 Å². The van der Waals surface area contributed by atoms with E-state index in [-0.39, 0.29) is 0 Å². The number of fused-ring (bicyclic) bond motifs is 2. The smallest absolute Gasteiger partial charge is 0.336 e. The zero-order valence-electron chi connectivity index (χ0n) is 13.3. The van der Waals surface area contributed by atoms with Crippen LogP contribution in [0.3, 0.4) is 0 Å². The summed E-state index contributed by atoms with van der Waals surface area (Å²) in [7, 11) is 0. The van der Waals surface area contributed by atoms with Crippen molar-refractivity contribution in [2.45, 2.75) is 0 Å². The summed E-state index contributed by atoms with van der Waals surface area (Å²) in [4.78, 5) is 16.1. The molecule has 5 heteroatoms. The number of benzene rings is 2. The lowest BCUT2D eigenvalue weighted by atomic mass is 10.1. The fraction of sp³-hybridized carbons (Fsp3) is 0.100. The summed E-state index contributed by atoms with van der Waals surface area (Å²) in [5.74, 6) is 1.44. The van der Waals surface area contributed by atoms with Crippen molar-refractivity contribution in [3.8, 4) is 17.2 Å². The second-order valence-corrected chi connectivity index (χ2v) is 5.54. The van der Waals surface area contributed by atoms with Crippen LogP contribution in [0, 0.1) is 0 Å². The summed E-state index contributed by atoms with van der Waals surface area (Å²) in [5.41, 5.74) is 0.837. The molecule has 4 rings (SSSR count). The number of hydrogen-bond donors (Lipinski definition) is 0. The molecule has 0 bridgehead atoms. The molecule has 1 aliphatic rings. The maximum atomic E-state index is 12.0. The van der Waals surface area contributed by atoms with Crippen molar-refractivity contribution < 1.29 is 19.0 Å². The molecule has 5 nitrogen and oxygen atoms in total.